The molecule has 5 heteroatoms. The van der Waals surface area contributed by atoms with Gasteiger partial charge in [-0.1, -0.05) is 18.2 Å². The van der Waals surface area contributed by atoms with Crippen LogP contribution in [-0.2, 0) is 4.74 Å². The second kappa shape index (κ2) is 10.9. The van der Waals surface area contributed by atoms with Gasteiger partial charge in [-0.3, -0.25) is 4.99 Å². The first-order chi connectivity index (χ1) is 10.7. The number of nitrogens with one attached hydrogen (secondary N) is 2. The summed E-state index contributed by atoms with van der Waals surface area (Å²) >= 11 is 0. The molecule has 0 saturated heterocycles. The molecule has 0 spiro atoms. The molecule has 0 amide bonds. The molecule has 0 heterocycles. The molecule has 0 aliphatic heterocycles. The van der Waals surface area contributed by atoms with E-state index < -0.39 is 0 Å². The smallest absolute Gasteiger partial charge is 0.191 e. The fourth-order valence-electron chi connectivity index (χ4n) is 1.99. The van der Waals surface area contributed by atoms with Crippen LogP contribution in [0.15, 0.2) is 35.3 Å². The molecule has 0 fully saturated rings. The van der Waals surface area contributed by atoms with Crippen molar-refractivity contribution in [3.05, 3.63) is 30.3 Å². The molecular formula is C17H30N4O. The zero-order chi connectivity index (χ0) is 16.2. The Bertz CT molecular complexity index is 422. The van der Waals surface area contributed by atoms with Crippen molar-refractivity contribution in [2.45, 2.75) is 26.8 Å². The summed E-state index contributed by atoms with van der Waals surface area (Å²) in [5.74, 6) is 0.843. The number of hydrogen-bond donors (Lipinski definition) is 2. The number of ether oxygens (including phenoxy) is 1. The van der Waals surface area contributed by atoms with Crippen LogP contribution in [0, 0.1) is 0 Å². The van der Waals surface area contributed by atoms with E-state index in [0.29, 0.717) is 12.6 Å². The lowest BCUT2D eigenvalue weighted by Gasteiger charge is -2.26. The van der Waals surface area contributed by atoms with Crippen LogP contribution in [0.3, 0.4) is 0 Å². The average Bonchev–Trinajstić information content (AvgIpc) is 2.56. The van der Waals surface area contributed by atoms with Crippen molar-refractivity contribution in [2.75, 3.05) is 44.8 Å². The molecule has 0 aliphatic carbocycles. The summed E-state index contributed by atoms with van der Waals surface area (Å²) in [7, 11) is 2.10. The molecule has 5 nitrogen and oxygen atoms in total. The predicted molar refractivity (Wildman–Crippen MR) is 94.8 cm³/mol. The molecule has 2 N–H and O–H groups in total. The van der Waals surface area contributed by atoms with E-state index in [1.165, 1.54) is 5.69 Å². The number of rotatable bonds is 9. The maximum absolute atomic E-state index is 5.33. The molecule has 0 aromatic heterocycles. The number of guanidine groups is 1. The molecule has 1 aromatic rings. The Morgan fingerprint density at radius 2 is 1.95 bits per heavy atom. The van der Waals surface area contributed by atoms with Crippen molar-refractivity contribution in [2.24, 2.45) is 4.99 Å². The number of aliphatic imine (C=N–C) groups is 1. The lowest BCUT2D eigenvalue weighted by Crippen LogP contribution is -2.40. The summed E-state index contributed by atoms with van der Waals surface area (Å²) in [6, 6.07) is 10.7. The summed E-state index contributed by atoms with van der Waals surface area (Å²) in [5, 5.41) is 6.54. The van der Waals surface area contributed by atoms with E-state index in [-0.39, 0.29) is 0 Å². The average molecular weight is 306 g/mol. The molecule has 0 bridgehead atoms. The van der Waals surface area contributed by atoms with Crippen LogP contribution in [0.1, 0.15) is 20.8 Å². The van der Waals surface area contributed by atoms with Gasteiger partial charge in [0.25, 0.3) is 0 Å². The van der Waals surface area contributed by atoms with Gasteiger partial charge >= 0.3 is 0 Å². The van der Waals surface area contributed by atoms with Crippen molar-refractivity contribution >= 4 is 11.6 Å². The lowest BCUT2D eigenvalue weighted by molar-refractivity contribution is 0.152. The fourth-order valence-corrected chi connectivity index (χ4v) is 1.99. The number of likely N-dealkylation sites (N-methyl/N-ethyl adjacent to an activating group) is 1. The van der Waals surface area contributed by atoms with Gasteiger partial charge in [-0.2, -0.15) is 0 Å². The zero-order valence-electron chi connectivity index (χ0n) is 14.3. The molecule has 1 aromatic carbocycles. The summed E-state index contributed by atoms with van der Waals surface area (Å²) in [6.45, 7) is 10.0. The topological polar surface area (TPSA) is 48.9 Å². The van der Waals surface area contributed by atoms with Crippen LogP contribution < -0.4 is 15.5 Å². The SMILES string of the molecule is CCNC(=NCC(C)N(C)c1ccccc1)NCCOCC. The normalized spacial score (nSPS) is 12.8. The molecule has 1 unspecified atom stereocenters. The van der Waals surface area contributed by atoms with Crippen molar-refractivity contribution in [1.29, 1.82) is 0 Å². The van der Waals surface area contributed by atoms with Gasteiger partial charge < -0.3 is 20.3 Å². The van der Waals surface area contributed by atoms with Gasteiger partial charge in [0.05, 0.1) is 13.2 Å². The number of hydrogen-bond acceptors (Lipinski definition) is 3. The van der Waals surface area contributed by atoms with Gasteiger partial charge in [0.1, 0.15) is 0 Å². The van der Waals surface area contributed by atoms with E-state index in [2.05, 4.69) is 65.7 Å². The summed E-state index contributed by atoms with van der Waals surface area (Å²) in [4.78, 5) is 6.90. The lowest BCUT2D eigenvalue weighted by atomic mass is 10.2. The molecular weight excluding hydrogens is 276 g/mol. The van der Waals surface area contributed by atoms with Crippen LogP contribution in [0.4, 0.5) is 5.69 Å². The van der Waals surface area contributed by atoms with Crippen LogP contribution in [-0.4, -0.2) is 51.9 Å². The van der Waals surface area contributed by atoms with Crippen molar-refractivity contribution in [3.63, 3.8) is 0 Å². The van der Waals surface area contributed by atoms with Crippen LogP contribution in [0.5, 0.6) is 0 Å². The first kappa shape index (κ1) is 18.3. The molecule has 22 heavy (non-hydrogen) atoms. The van der Waals surface area contributed by atoms with Crippen molar-refractivity contribution in [3.8, 4) is 0 Å². The van der Waals surface area contributed by atoms with Gasteiger partial charge in [0, 0.05) is 38.5 Å². The number of benzene rings is 1. The maximum atomic E-state index is 5.33. The third kappa shape index (κ3) is 6.80. The highest BCUT2D eigenvalue weighted by Gasteiger charge is 2.09. The van der Waals surface area contributed by atoms with E-state index in [4.69, 9.17) is 4.74 Å². The van der Waals surface area contributed by atoms with E-state index in [1.807, 2.05) is 13.0 Å². The quantitative estimate of drug-likeness (QED) is 0.417. The third-order valence-electron chi connectivity index (χ3n) is 3.43. The largest absolute Gasteiger partial charge is 0.380 e. The number of anilines is 1. The third-order valence-corrected chi connectivity index (χ3v) is 3.43. The van der Waals surface area contributed by atoms with Gasteiger partial charge in [-0.15, -0.1) is 0 Å². The Labute approximate surface area is 134 Å². The van der Waals surface area contributed by atoms with Gasteiger partial charge in [0.15, 0.2) is 5.96 Å². The Balaban J connectivity index is 2.49. The van der Waals surface area contributed by atoms with E-state index in [9.17, 15) is 0 Å². The van der Waals surface area contributed by atoms with Crippen molar-refractivity contribution < 1.29 is 4.74 Å². The number of para-hydroxylation sites is 1. The van der Waals surface area contributed by atoms with E-state index >= 15 is 0 Å². The highest BCUT2D eigenvalue weighted by molar-refractivity contribution is 5.79. The Morgan fingerprint density at radius 1 is 1.23 bits per heavy atom. The van der Waals surface area contributed by atoms with Crippen LogP contribution in [0.25, 0.3) is 0 Å². The molecule has 1 atom stereocenters. The fraction of sp³-hybridized carbons (Fsp3) is 0.588. The summed E-state index contributed by atoms with van der Waals surface area (Å²) < 4.78 is 5.33. The molecule has 0 radical (unpaired) electrons. The van der Waals surface area contributed by atoms with Gasteiger partial charge in [-0.05, 0) is 32.9 Å². The second-order valence-corrected chi connectivity index (χ2v) is 5.14. The monoisotopic (exact) mass is 306 g/mol. The van der Waals surface area contributed by atoms with Crippen LogP contribution in [0.2, 0.25) is 0 Å². The van der Waals surface area contributed by atoms with Gasteiger partial charge in [0.2, 0.25) is 0 Å². The minimum absolute atomic E-state index is 0.324. The molecule has 0 aliphatic rings. The van der Waals surface area contributed by atoms with Crippen LogP contribution >= 0.6 is 0 Å². The Hall–Kier alpha value is -1.75. The highest BCUT2D eigenvalue weighted by atomic mass is 16.5. The minimum Gasteiger partial charge on any atom is -0.380 e. The van der Waals surface area contributed by atoms with E-state index in [0.717, 1.165) is 32.2 Å². The highest BCUT2D eigenvalue weighted by Crippen LogP contribution is 2.13. The maximum Gasteiger partial charge on any atom is 0.191 e. The Kier molecular flexibility index (Phi) is 9.07. The van der Waals surface area contributed by atoms with E-state index in [1.54, 1.807) is 0 Å². The van der Waals surface area contributed by atoms with Crippen molar-refractivity contribution in [1.82, 2.24) is 10.6 Å². The first-order valence-electron chi connectivity index (χ1n) is 8.06. The number of nitrogens with zero attached hydrogens (tertiary/aromatic N) is 2. The predicted octanol–water partition coefficient (Wildman–Crippen LogP) is 2.10. The summed E-state index contributed by atoms with van der Waals surface area (Å²) in [6.07, 6.45) is 0. The molecule has 124 valence electrons. The second-order valence-electron chi connectivity index (χ2n) is 5.14. The zero-order valence-corrected chi connectivity index (χ0v) is 14.3. The molecule has 0 saturated carbocycles. The standard InChI is InChI=1S/C17H30N4O/c1-5-18-17(19-12-13-22-6-2)20-14-15(3)21(4)16-10-8-7-9-11-16/h7-11,15H,5-6,12-14H2,1-4H3,(H2,18,19,20). The first-order valence-corrected chi connectivity index (χ1v) is 8.06. The minimum atomic E-state index is 0.324. The van der Waals surface area contributed by atoms with Gasteiger partial charge in [-0.25, -0.2) is 0 Å². The summed E-state index contributed by atoms with van der Waals surface area (Å²) in [5.41, 5.74) is 1.21. The Morgan fingerprint density at radius 3 is 2.59 bits per heavy atom. The molecule has 1 rings (SSSR count).